The molecule has 134 valence electrons. The van der Waals surface area contributed by atoms with Crippen LogP contribution in [0.25, 0.3) is 0 Å². The molecule has 1 aromatic carbocycles. The molecule has 0 aromatic heterocycles. The van der Waals surface area contributed by atoms with Crippen LogP contribution in [0.2, 0.25) is 0 Å². The first-order valence-corrected chi connectivity index (χ1v) is 10.5. The van der Waals surface area contributed by atoms with Crippen molar-refractivity contribution in [3.8, 4) is 0 Å². The Bertz CT molecular complexity index is 694. The molecular formula is C18H28N2O3S. The smallest absolute Gasteiger partial charge is 0.246 e. The number of carbonyl (C=O) groups is 1. The van der Waals surface area contributed by atoms with Gasteiger partial charge in [0.1, 0.15) is 6.04 Å². The molecule has 1 saturated heterocycles. The lowest BCUT2D eigenvalue weighted by atomic mass is 10.1. The Kier molecular flexibility index (Phi) is 5.91. The number of amides is 1. The molecule has 1 aliphatic heterocycles. The van der Waals surface area contributed by atoms with Crippen LogP contribution in [-0.4, -0.2) is 44.6 Å². The maximum atomic E-state index is 13.0. The number of sulfonamides is 1. The van der Waals surface area contributed by atoms with Gasteiger partial charge < -0.3 is 4.90 Å². The Hall–Kier alpha value is -1.56. The van der Waals surface area contributed by atoms with Crippen LogP contribution in [0.1, 0.15) is 43.7 Å². The zero-order chi connectivity index (χ0) is 17.9. The summed E-state index contributed by atoms with van der Waals surface area (Å²) in [6, 6.07) is 5.02. The van der Waals surface area contributed by atoms with Crippen LogP contribution in [0.3, 0.4) is 0 Å². The number of aryl methyl sites for hydroxylation is 2. The highest BCUT2D eigenvalue weighted by Crippen LogP contribution is 2.28. The van der Waals surface area contributed by atoms with Crippen molar-refractivity contribution in [3.63, 3.8) is 0 Å². The van der Waals surface area contributed by atoms with E-state index in [4.69, 9.17) is 0 Å². The number of hydrogen-bond acceptors (Lipinski definition) is 3. The summed E-state index contributed by atoms with van der Waals surface area (Å²) < 4.78 is 26.4. The summed E-state index contributed by atoms with van der Waals surface area (Å²) in [5.41, 5.74) is 2.44. The average molecular weight is 353 g/mol. The first-order chi connectivity index (χ1) is 11.3. The fourth-order valence-corrected chi connectivity index (χ4v) is 4.56. The number of piperidine rings is 1. The van der Waals surface area contributed by atoms with Crippen LogP contribution in [0, 0.1) is 13.8 Å². The average Bonchev–Trinajstić information content (AvgIpc) is 2.54. The molecule has 1 fully saturated rings. The molecule has 0 N–H and O–H groups in total. The molecule has 0 saturated carbocycles. The van der Waals surface area contributed by atoms with Crippen LogP contribution >= 0.6 is 0 Å². The number of benzene rings is 1. The van der Waals surface area contributed by atoms with Crippen LogP contribution < -0.4 is 4.31 Å². The topological polar surface area (TPSA) is 57.7 Å². The Labute approximate surface area is 145 Å². The zero-order valence-electron chi connectivity index (χ0n) is 15.1. The summed E-state index contributed by atoms with van der Waals surface area (Å²) in [5, 5.41) is 0. The maximum Gasteiger partial charge on any atom is 0.246 e. The fourth-order valence-electron chi connectivity index (χ4n) is 3.30. The van der Waals surface area contributed by atoms with Gasteiger partial charge in [-0.3, -0.25) is 9.10 Å². The highest BCUT2D eigenvalue weighted by Gasteiger charge is 2.35. The maximum absolute atomic E-state index is 13.0. The number of anilines is 1. The van der Waals surface area contributed by atoms with Gasteiger partial charge in [-0.25, -0.2) is 8.42 Å². The van der Waals surface area contributed by atoms with Gasteiger partial charge in [0.15, 0.2) is 0 Å². The second-order valence-corrected chi connectivity index (χ2v) is 8.52. The van der Waals surface area contributed by atoms with Gasteiger partial charge in [-0.05, 0) is 56.7 Å². The van der Waals surface area contributed by atoms with Crippen molar-refractivity contribution < 1.29 is 13.2 Å². The third-order valence-corrected chi connectivity index (χ3v) is 5.75. The molecule has 1 heterocycles. The molecule has 1 aromatic rings. The minimum atomic E-state index is -3.57. The number of nitrogens with zero attached hydrogens (tertiary/aromatic N) is 2. The Balaban J connectivity index is 2.45. The predicted molar refractivity (Wildman–Crippen MR) is 97.7 cm³/mol. The second kappa shape index (κ2) is 7.55. The van der Waals surface area contributed by atoms with E-state index in [2.05, 4.69) is 0 Å². The summed E-state index contributed by atoms with van der Waals surface area (Å²) in [6.45, 7) is 7.12. The molecule has 1 amide bonds. The zero-order valence-corrected chi connectivity index (χ0v) is 15.9. The van der Waals surface area contributed by atoms with Gasteiger partial charge in [-0.2, -0.15) is 0 Å². The van der Waals surface area contributed by atoms with Crippen molar-refractivity contribution in [3.05, 3.63) is 29.3 Å². The van der Waals surface area contributed by atoms with Crippen LogP contribution in [-0.2, 0) is 14.8 Å². The molecule has 0 spiro atoms. The van der Waals surface area contributed by atoms with E-state index < -0.39 is 16.1 Å². The molecule has 2 rings (SSSR count). The van der Waals surface area contributed by atoms with E-state index in [9.17, 15) is 13.2 Å². The molecule has 1 aliphatic rings. The third kappa shape index (κ3) is 4.09. The van der Waals surface area contributed by atoms with E-state index in [0.717, 1.165) is 43.5 Å². The van der Waals surface area contributed by atoms with Crippen molar-refractivity contribution in [2.45, 2.75) is 52.5 Å². The minimum absolute atomic E-state index is 0.0801. The van der Waals surface area contributed by atoms with Crippen molar-refractivity contribution in [1.29, 1.82) is 0 Å². The number of hydrogen-bond donors (Lipinski definition) is 0. The normalized spacial score (nSPS) is 16.8. The van der Waals surface area contributed by atoms with Gasteiger partial charge >= 0.3 is 0 Å². The Morgan fingerprint density at radius 3 is 2.38 bits per heavy atom. The molecule has 24 heavy (non-hydrogen) atoms. The molecule has 0 radical (unpaired) electrons. The lowest BCUT2D eigenvalue weighted by molar-refractivity contribution is -0.133. The predicted octanol–water partition coefficient (Wildman–Crippen LogP) is 2.86. The second-order valence-electron chi connectivity index (χ2n) is 6.66. The summed E-state index contributed by atoms with van der Waals surface area (Å²) in [4.78, 5) is 14.8. The summed E-state index contributed by atoms with van der Waals surface area (Å²) in [6.07, 6.45) is 4.75. The third-order valence-electron chi connectivity index (χ3n) is 4.58. The highest BCUT2D eigenvalue weighted by atomic mass is 32.2. The van der Waals surface area contributed by atoms with Crippen molar-refractivity contribution in [2.24, 2.45) is 0 Å². The standard InChI is InChI=1S/C18H28N2O3S/c1-5-16(18(21)19-11-7-6-8-12-19)20(24(4,22)23)17-13-14(2)9-10-15(17)3/h9-10,13,16H,5-8,11-12H2,1-4H3. The van der Waals surface area contributed by atoms with Crippen LogP contribution in [0.5, 0.6) is 0 Å². The molecule has 0 aliphatic carbocycles. The summed E-state index contributed by atoms with van der Waals surface area (Å²) in [5.74, 6) is -0.0801. The molecule has 5 nitrogen and oxygen atoms in total. The number of carbonyl (C=O) groups excluding carboxylic acids is 1. The van der Waals surface area contributed by atoms with Gasteiger partial charge in [0.2, 0.25) is 15.9 Å². The largest absolute Gasteiger partial charge is 0.341 e. The quantitative estimate of drug-likeness (QED) is 0.819. The molecule has 1 atom stereocenters. The van der Waals surface area contributed by atoms with Gasteiger partial charge in [-0.15, -0.1) is 0 Å². The monoisotopic (exact) mass is 352 g/mol. The van der Waals surface area contributed by atoms with Gasteiger partial charge in [0.05, 0.1) is 11.9 Å². The van der Waals surface area contributed by atoms with Crippen molar-refractivity contribution >= 4 is 21.6 Å². The van der Waals surface area contributed by atoms with Gasteiger partial charge in [0, 0.05) is 13.1 Å². The molecule has 6 heteroatoms. The van der Waals surface area contributed by atoms with Gasteiger partial charge in [0.25, 0.3) is 0 Å². The summed E-state index contributed by atoms with van der Waals surface area (Å²) in [7, 11) is -3.57. The van der Waals surface area contributed by atoms with E-state index in [1.54, 1.807) is 0 Å². The Morgan fingerprint density at radius 1 is 1.21 bits per heavy atom. The van der Waals surface area contributed by atoms with Crippen molar-refractivity contribution in [1.82, 2.24) is 4.90 Å². The van der Waals surface area contributed by atoms with Crippen LogP contribution in [0.15, 0.2) is 18.2 Å². The van der Waals surface area contributed by atoms with E-state index in [0.29, 0.717) is 12.1 Å². The minimum Gasteiger partial charge on any atom is -0.341 e. The molecule has 0 bridgehead atoms. The fraction of sp³-hybridized carbons (Fsp3) is 0.611. The SMILES string of the molecule is CCC(C(=O)N1CCCCC1)N(c1cc(C)ccc1C)S(C)(=O)=O. The van der Waals surface area contributed by atoms with Crippen molar-refractivity contribution in [2.75, 3.05) is 23.7 Å². The van der Waals surface area contributed by atoms with E-state index in [1.165, 1.54) is 10.6 Å². The lowest BCUT2D eigenvalue weighted by Gasteiger charge is -2.36. The highest BCUT2D eigenvalue weighted by molar-refractivity contribution is 7.92. The van der Waals surface area contributed by atoms with Crippen LogP contribution in [0.4, 0.5) is 5.69 Å². The van der Waals surface area contributed by atoms with E-state index in [-0.39, 0.29) is 5.91 Å². The number of likely N-dealkylation sites (tertiary alicyclic amines) is 1. The van der Waals surface area contributed by atoms with E-state index >= 15 is 0 Å². The Morgan fingerprint density at radius 2 is 1.83 bits per heavy atom. The van der Waals surface area contributed by atoms with Gasteiger partial charge in [-0.1, -0.05) is 19.1 Å². The van der Waals surface area contributed by atoms with E-state index in [1.807, 2.05) is 43.9 Å². The lowest BCUT2D eigenvalue weighted by Crippen LogP contribution is -2.52. The molecular weight excluding hydrogens is 324 g/mol. The molecule has 1 unspecified atom stereocenters. The first kappa shape index (κ1) is 18.8. The summed E-state index contributed by atoms with van der Waals surface area (Å²) >= 11 is 0. The number of rotatable bonds is 5. The first-order valence-electron chi connectivity index (χ1n) is 8.61.